The van der Waals surface area contributed by atoms with E-state index in [9.17, 15) is 8.78 Å². The predicted molar refractivity (Wildman–Crippen MR) is 70.2 cm³/mol. The summed E-state index contributed by atoms with van der Waals surface area (Å²) >= 11 is 5.69. The van der Waals surface area contributed by atoms with Crippen molar-refractivity contribution in [1.29, 1.82) is 5.26 Å². The van der Waals surface area contributed by atoms with Crippen LogP contribution in [-0.2, 0) is 12.3 Å². The molecule has 1 nitrogen and oxygen atoms in total. The van der Waals surface area contributed by atoms with Gasteiger partial charge in [-0.15, -0.1) is 0 Å². The Morgan fingerprint density at radius 1 is 1.05 bits per heavy atom. The number of alkyl halides is 2. The van der Waals surface area contributed by atoms with Crippen LogP contribution < -0.4 is 0 Å². The predicted octanol–water partition coefficient (Wildman–Crippen LogP) is 4.55. The summed E-state index contributed by atoms with van der Waals surface area (Å²) in [5.41, 5.74) is 0.335. The molecular formula is C15H10ClF2N. The topological polar surface area (TPSA) is 23.8 Å². The molecule has 2 aromatic rings. The number of hydrogen-bond donors (Lipinski definition) is 0. The average Bonchev–Trinajstić information content (AvgIpc) is 2.40. The van der Waals surface area contributed by atoms with Crippen molar-refractivity contribution in [1.82, 2.24) is 0 Å². The summed E-state index contributed by atoms with van der Waals surface area (Å²) < 4.78 is 28.6. The summed E-state index contributed by atoms with van der Waals surface area (Å²) in [5, 5.41) is 9.02. The lowest BCUT2D eigenvalue weighted by atomic mass is 9.98. The van der Waals surface area contributed by atoms with Gasteiger partial charge in [0.25, 0.3) is 5.92 Å². The van der Waals surface area contributed by atoms with E-state index in [2.05, 4.69) is 0 Å². The van der Waals surface area contributed by atoms with Crippen molar-refractivity contribution in [3.8, 4) is 6.07 Å². The Morgan fingerprint density at radius 2 is 1.74 bits per heavy atom. The maximum Gasteiger partial charge on any atom is 0.298 e. The number of nitriles is 1. The first kappa shape index (κ1) is 13.5. The molecule has 0 fully saturated rings. The third-order valence-corrected chi connectivity index (χ3v) is 3.03. The molecule has 96 valence electrons. The summed E-state index contributed by atoms with van der Waals surface area (Å²) in [6, 6.07) is 13.3. The Morgan fingerprint density at radius 3 is 2.37 bits per heavy atom. The molecule has 4 heteroatoms. The fourth-order valence-electron chi connectivity index (χ4n) is 1.79. The molecule has 2 aromatic carbocycles. The molecule has 19 heavy (non-hydrogen) atoms. The monoisotopic (exact) mass is 277 g/mol. The lowest BCUT2D eigenvalue weighted by Crippen LogP contribution is -2.15. The molecule has 0 heterocycles. The minimum absolute atomic E-state index is 0.116. The van der Waals surface area contributed by atoms with Crippen molar-refractivity contribution in [3.63, 3.8) is 0 Å². The van der Waals surface area contributed by atoms with Gasteiger partial charge in [0.2, 0.25) is 0 Å². The quantitative estimate of drug-likeness (QED) is 0.808. The zero-order chi connectivity index (χ0) is 13.9. The summed E-state index contributed by atoms with van der Waals surface area (Å²) in [7, 11) is 0. The van der Waals surface area contributed by atoms with Crippen LogP contribution in [-0.4, -0.2) is 0 Å². The van der Waals surface area contributed by atoms with Crippen LogP contribution >= 0.6 is 11.6 Å². The van der Waals surface area contributed by atoms with Crippen LogP contribution in [0, 0.1) is 11.3 Å². The maximum atomic E-state index is 14.3. The zero-order valence-electron chi connectivity index (χ0n) is 9.91. The van der Waals surface area contributed by atoms with Gasteiger partial charge in [0, 0.05) is 16.1 Å². The molecule has 0 atom stereocenters. The number of rotatable bonds is 3. The molecule has 0 spiro atoms. The van der Waals surface area contributed by atoms with Crippen molar-refractivity contribution in [2.75, 3.05) is 0 Å². The van der Waals surface area contributed by atoms with E-state index in [0.717, 1.165) is 0 Å². The number of halogens is 3. The highest BCUT2D eigenvalue weighted by Crippen LogP contribution is 2.36. The highest BCUT2D eigenvalue weighted by atomic mass is 35.5. The van der Waals surface area contributed by atoms with Crippen LogP contribution in [0.3, 0.4) is 0 Å². The standard InChI is InChI=1S/C15H10ClF2N/c16-14-6-4-12(5-7-14)15(17,18)13-3-1-2-11(10-13)8-9-19/h1-7,10H,8H2. The fraction of sp³-hybridized carbons (Fsp3) is 0.133. The van der Waals surface area contributed by atoms with Crippen LogP contribution in [0.4, 0.5) is 8.78 Å². The Balaban J connectivity index is 2.41. The van der Waals surface area contributed by atoms with E-state index in [1.807, 2.05) is 6.07 Å². The Bertz CT molecular complexity index is 615. The molecule has 0 amide bonds. The third kappa shape index (κ3) is 2.91. The number of hydrogen-bond acceptors (Lipinski definition) is 1. The van der Waals surface area contributed by atoms with Gasteiger partial charge in [0.1, 0.15) is 0 Å². The van der Waals surface area contributed by atoms with E-state index < -0.39 is 5.92 Å². The Hall–Kier alpha value is -1.92. The van der Waals surface area contributed by atoms with Crippen molar-refractivity contribution >= 4 is 11.6 Å². The van der Waals surface area contributed by atoms with Crippen molar-refractivity contribution in [2.45, 2.75) is 12.3 Å². The minimum atomic E-state index is -3.10. The van der Waals surface area contributed by atoms with E-state index in [1.54, 1.807) is 6.07 Å². The summed E-state index contributed by atoms with van der Waals surface area (Å²) in [4.78, 5) is 0. The van der Waals surface area contributed by atoms with Gasteiger partial charge >= 0.3 is 0 Å². The third-order valence-electron chi connectivity index (χ3n) is 2.78. The van der Waals surface area contributed by atoms with Gasteiger partial charge in [0.05, 0.1) is 12.5 Å². The second-order valence-corrected chi connectivity index (χ2v) is 4.55. The van der Waals surface area contributed by atoms with Crippen LogP contribution in [0.2, 0.25) is 5.02 Å². The summed E-state index contributed by atoms with van der Waals surface area (Å²) in [6.45, 7) is 0. The molecule has 2 rings (SSSR count). The van der Waals surface area contributed by atoms with Gasteiger partial charge in [-0.3, -0.25) is 0 Å². The largest absolute Gasteiger partial charge is 0.298 e. The van der Waals surface area contributed by atoms with Crippen molar-refractivity contribution < 1.29 is 8.78 Å². The first-order valence-electron chi connectivity index (χ1n) is 5.64. The van der Waals surface area contributed by atoms with E-state index in [0.29, 0.717) is 10.6 Å². The summed E-state index contributed by atoms with van der Waals surface area (Å²) in [6.07, 6.45) is 0.116. The van der Waals surface area contributed by atoms with E-state index in [-0.39, 0.29) is 17.5 Å². The lowest BCUT2D eigenvalue weighted by molar-refractivity contribution is 0.0428. The second kappa shape index (κ2) is 5.38. The molecule has 0 saturated carbocycles. The van der Waals surface area contributed by atoms with Gasteiger partial charge in [-0.25, -0.2) is 0 Å². The van der Waals surface area contributed by atoms with E-state index >= 15 is 0 Å². The minimum Gasteiger partial charge on any atom is -0.198 e. The fourth-order valence-corrected chi connectivity index (χ4v) is 1.92. The highest BCUT2D eigenvalue weighted by Gasteiger charge is 2.33. The van der Waals surface area contributed by atoms with Gasteiger partial charge in [-0.1, -0.05) is 41.9 Å². The van der Waals surface area contributed by atoms with Crippen LogP contribution in [0.1, 0.15) is 16.7 Å². The molecule has 0 saturated heterocycles. The van der Waals surface area contributed by atoms with E-state index in [4.69, 9.17) is 16.9 Å². The van der Waals surface area contributed by atoms with Crippen LogP contribution in [0.25, 0.3) is 0 Å². The first-order valence-corrected chi connectivity index (χ1v) is 6.02. The van der Waals surface area contributed by atoms with Gasteiger partial charge in [0.15, 0.2) is 0 Å². The molecule has 0 radical (unpaired) electrons. The van der Waals surface area contributed by atoms with E-state index in [1.165, 1.54) is 42.5 Å². The van der Waals surface area contributed by atoms with Gasteiger partial charge < -0.3 is 0 Å². The maximum absolute atomic E-state index is 14.3. The lowest BCUT2D eigenvalue weighted by Gasteiger charge is -2.17. The Labute approximate surface area is 115 Å². The zero-order valence-corrected chi connectivity index (χ0v) is 10.7. The highest BCUT2D eigenvalue weighted by molar-refractivity contribution is 6.30. The normalized spacial score (nSPS) is 11.1. The molecule has 0 aliphatic rings. The first-order chi connectivity index (χ1) is 9.04. The number of benzene rings is 2. The van der Waals surface area contributed by atoms with Crippen LogP contribution in [0.5, 0.6) is 0 Å². The molecule has 0 bridgehead atoms. The molecule has 0 unspecified atom stereocenters. The van der Waals surface area contributed by atoms with Crippen LogP contribution in [0.15, 0.2) is 48.5 Å². The molecular weight excluding hydrogens is 268 g/mol. The smallest absolute Gasteiger partial charge is 0.198 e. The molecule has 0 aliphatic carbocycles. The van der Waals surface area contributed by atoms with Gasteiger partial charge in [-0.05, 0) is 23.8 Å². The van der Waals surface area contributed by atoms with Gasteiger partial charge in [-0.2, -0.15) is 14.0 Å². The SMILES string of the molecule is N#CCc1cccc(C(F)(F)c2ccc(Cl)cc2)c1. The molecule has 0 aromatic heterocycles. The molecule has 0 aliphatic heterocycles. The summed E-state index contributed by atoms with van der Waals surface area (Å²) in [5.74, 6) is -3.10. The van der Waals surface area contributed by atoms with Crippen molar-refractivity contribution in [2.24, 2.45) is 0 Å². The Kier molecular flexibility index (Phi) is 3.82. The average molecular weight is 278 g/mol. The number of nitrogens with zero attached hydrogens (tertiary/aromatic N) is 1. The molecule has 0 N–H and O–H groups in total. The second-order valence-electron chi connectivity index (χ2n) is 4.12. The van der Waals surface area contributed by atoms with Crippen molar-refractivity contribution in [3.05, 3.63) is 70.2 Å².